The lowest BCUT2D eigenvalue weighted by atomic mass is 9.81. The van der Waals surface area contributed by atoms with E-state index in [1.165, 1.54) is 140 Å². The number of furan rings is 1. The smallest absolute Gasteiger partial charge is 0.143 e. The molecule has 1 nitrogen and oxygen atoms in total. The van der Waals surface area contributed by atoms with Crippen molar-refractivity contribution in [2.45, 2.75) is 65.7 Å². The molecule has 0 bridgehead atoms. The number of aryl methyl sites for hydroxylation is 3. The van der Waals surface area contributed by atoms with Gasteiger partial charge in [0.2, 0.25) is 0 Å². The Hall–Kier alpha value is -7.22. The first-order valence-electron chi connectivity index (χ1n) is 23.9. The second-order valence-corrected chi connectivity index (χ2v) is 18.1. The van der Waals surface area contributed by atoms with Crippen molar-refractivity contribution in [3.63, 3.8) is 0 Å². The Labute approximate surface area is 380 Å². The molecule has 1 heteroatoms. The molecule has 0 unspecified atom stereocenters. The molecular weight excluding hydrogens is 785 g/mol. The second kappa shape index (κ2) is 16.1. The number of unbranched alkanes of at least 4 members (excludes halogenated alkanes) is 3. The van der Waals surface area contributed by atoms with Crippen molar-refractivity contribution in [2.24, 2.45) is 0 Å². The van der Waals surface area contributed by atoms with Crippen molar-refractivity contribution in [1.82, 2.24) is 0 Å². The minimum atomic E-state index is 0.915. The summed E-state index contributed by atoms with van der Waals surface area (Å²) in [6.45, 7) is 6.86. The highest BCUT2D eigenvalue weighted by Gasteiger charge is 2.23. The summed E-state index contributed by atoms with van der Waals surface area (Å²) < 4.78 is 7.01. The zero-order valence-corrected chi connectivity index (χ0v) is 37.6. The summed E-state index contributed by atoms with van der Waals surface area (Å²) >= 11 is 0. The van der Waals surface area contributed by atoms with E-state index in [-0.39, 0.29) is 0 Å². The number of rotatable bonds is 10. The molecule has 0 aliphatic heterocycles. The zero-order valence-electron chi connectivity index (χ0n) is 37.6. The van der Waals surface area contributed by atoms with Crippen molar-refractivity contribution >= 4 is 86.6 Å². The monoisotopic (exact) mass is 836 g/mol. The van der Waals surface area contributed by atoms with Crippen LogP contribution in [0.15, 0.2) is 180 Å². The Morgan fingerprint density at radius 3 is 1.62 bits per heavy atom. The average Bonchev–Trinajstić information content (AvgIpc) is 3.74. The minimum absolute atomic E-state index is 0.915. The molecule has 0 radical (unpaired) electrons. The van der Waals surface area contributed by atoms with Crippen LogP contribution in [0.25, 0.3) is 120 Å². The first-order chi connectivity index (χ1) is 32.1. The van der Waals surface area contributed by atoms with Crippen LogP contribution in [0.2, 0.25) is 0 Å². The van der Waals surface area contributed by atoms with Gasteiger partial charge in [0.25, 0.3) is 0 Å². The summed E-state index contributed by atoms with van der Waals surface area (Å²) in [6, 6.07) is 66.3. The van der Waals surface area contributed by atoms with Crippen LogP contribution in [0.5, 0.6) is 0 Å². The third-order valence-corrected chi connectivity index (χ3v) is 14.5. The molecule has 12 aromatic rings. The molecule has 0 saturated heterocycles. The standard InChI is InChI=1S/C64H52O/c1-4-7-8-9-20-40-31-33-54-56(37-40)46-24-13-12-23-45(46)53-34-35-55-57-39-43(32-36-59(57)65-64(55)63(53)54)61-49-27-16-18-29-51(49)62(52-30-19-17-28-50(52)61)58-38-42(6-3)60(48-26-15-14-25-47(48)58)44-22-11-10-21-41(44)5-2/h10-19,21-39H,4-9,20H2,1-3H3. The molecule has 11 aromatic carbocycles. The van der Waals surface area contributed by atoms with E-state index >= 15 is 0 Å². The molecule has 314 valence electrons. The fourth-order valence-electron chi connectivity index (χ4n) is 11.4. The normalized spacial score (nSPS) is 12.0. The molecule has 0 fully saturated rings. The largest absolute Gasteiger partial charge is 0.455 e. The summed E-state index contributed by atoms with van der Waals surface area (Å²) in [5, 5.41) is 17.5. The van der Waals surface area contributed by atoms with E-state index in [9.17, 15) is 0 Å². The maximum atomic E-state index is 7.01. The molecule has 0 aliphatic carbocycles. The molecular formula is C64H52O. The lowest BCUT2D eigenvalue weighted by Gasteiger charge is -2.22. The lowest BCUT2D eigenvalue weighted by Crippen LogP contribution is -1.97. The number of fused-ring (bicyclic) bond motifs is 13. The van der Waals surface area contributed by atoms with Gasteiger partial charge in [-0.15, -0.1) is 0 Å². The van der Waals surface area contributed by atoms with Crippen LogP contribution in [0.4, 0.5) is 0 Å². The van der Waals surface area contributed by atoms with Crippen LogP contribution in [0.3, 0.4) is 0 Å². The van der Waals surface area contributed by atoms with Gasteiger partial charge in [-0.25, -0.2) is 0 Å². The van der Waals surface area contributed by atoms with Crippen molar-refractivity contribution in [2.75, 3.05) is 0 Å². The Morgan fingerprint density at radius 1 is 0.354 bits per heavy atom. The molecule has 65 heavy (non-hydrogen) atoms. The third kappa shape index (κ3) is 6.28. The number of hydrogen-bond donors (Lipinski definition) is 0. The summed E-state index contributed by atoms with van der Waals surface area (Å²) in [5.74, 6) is 0. The van der Waals surface area contributed by atoms with E-state index in [4.69, 9.17) is 4.42 Å². The zero-order chi connectivity index (χ0) is 43.6. The Balaban J connectivity index is 1.08. The van der Waals surface area contributed by atoms with E-state index in [0.29, 0.717) is 0 Å². The van der Waals surface area contributed by atoms with E-state index in [0.717, 1.165) is 41.2 Å². The lowest BCUT2D eigenvalue weighted by molar-refractivity contribution is 0.667. The number of benzene rings is 11. The summed E-state index contributed by atoms with van der Waals surface area (Å²) in [7, 11) is 0. The Bertz CT molecular complexity index is 3790. The van der Waals surface area contributed by atoms with Gasteiger partial charge in [0.1, 0.15) is 11.2 Å². The fraction of sp³-hybridized carbons (Fsp3) is 0.156. The van der Waals surface area contributed by atoms with Crippen molar-refractivity contribution in [1.29, 1.82) is 0 Å². The SMILES string of the molecule is CCCCCCc1ccc2c(c1)c1ccccc1c1ccc3c4cc(-c5c6ccccc6c(-c6cc(CC)c(-c7ccccc7CC)c7ccccc67)c6ccccc56)ccc4oc3c12. The van der Waals surface area contributed by atoms with Gasteiger partial charge in [-0.2, -0.15) is 0 Å². The highest BCUT2D eigenvalue weighted by Crippen LogP contribution is 2.49. The molecule has 12 rings (SSSR count). The summed E-state index contributed by atoms with van der Waals surface area (Å²) in [4.78, 5) is 0. The number of hydrogen-bond acceptors (Lipinski definition) is 1. The Morgan fingerprint density at radius 2 is 0.923 bits per heavy atom. The second-order valence-electron chi connectivity index (χ2n) is 18.1. The maximum Gasteiger partial charge on any atom is 0.143 e. The highest BCUT2D eigenvalue weighted by molar-refractivity contribution is 6.33. The molecule has 0 aliphatic rings. The van der Waals surface area contributed by atoms with E-state index < -0.39 is 0 Å². The van der Waals surface area contributed by atoms with Gasteiger partial charge in [-0.3, -0.25) is 0 Å². The van der Waals surface area contributed by atoms with Crippen LogP contribution in [-0.4, -0.2) is 0 Å². The van der Waals surface area contributed by atoms with Crippen LogP contribution < -0.4 is 0 Å². The summed E-state index contributed by atoms with van der Waals surface area (Å²) in [6.07, 6.45) is 8.12. The predicted octanol–water partition coefficient (Wildman–Crippen LogP) is 18.8. The van der Waals surface area contributed by atoms with Crippen LogP contribution in [0, 0.1) is 0 Å². The van der Waals surface area contributed by atoms with Gasteiger partial charge in [-0.05, 0) is 159 Å². The summed E-state index contributed by atoms with van der Waals surface area (Å²) in [5.41, 5.74) is 13.8. The molecule has 1 aromatic heterocycles. The van der Waals surface area contributed by atoms with Gasteiger partial charge in [-0.1, -0.05) is 192 Å². The highest BCUT2D eigenvalue weighted by atomic mass is 16.3. The molecule has 0 N–H and O–H groups in total. The topological polar surface area (TPSA) is 13.1 Å². The van der Waals surface area contributed by atoms with E-state index in [1.807, 2.05) is 0 Å². The van der Waals surface area contributed by atoms with Gasteiger partial charge in [0.05, 0.1) is 0 Å². The first kappa shape index (κ1) is 39.4. The van der Waals surface area contributed by atoms with Gasteiger partial charge in [0.15, 0.2) is 0 Å². The van der Waals surface area contributed by atoms with Gasteiger partial charge < -0.3 is 4.42 Å². The van der Waals surface area contributed by atoms with Crippen molar-refractivity contribution in [3.05, 3.63) is 193 Å². The maximum absolute atomic E-state index is 7.01. The predicted molar refractivity (Wildman–Crippen MR) is 282 cm³/mol. The third-order valence-electron chi connectivity index (χ3n) is 14.5. The Kier molecular flexibility index (Phi) is 9.75. The van der Waals surface area contributed by atoms with Gasteiger partial charge in [0, 0.05) is 16.2 Å². The molecule has 0 spiro atoms. The minimum Gasteiger partial charge on any atom is -0.455 e. The van der Waals surface area contributed by atoms with Crippen LogP contribution in [-0.2, 0) is 19.3 Å². The fourth-order valence-corrected chi connectivity index (χ4v) is 11.4. The molecule has 0 amide bonds. The van der Waals surface area contributed by atoms with E-state index in [1.54, 1.807) is 0 Å². The van der Waals surface area contributed by atoms with Crippen molar-refractivity contribution in [3.8, 4) is 33.4 Å². The van der Waals surface area contributed by atoms with Crippen molar-refractivity contribution < 1.29 is 4.42 Å². The first-order valence-corrected chi connectivity index (χ1v) is 23.9. The molecule has 0 saturated carbocycles. The molecule has 1 heterocycles. The van der Waals surface area contributed by atoms with Gasteiger partial charge >= 0.3 is 0 Å². The van der Waals surface area contributed by atoms with E-state index in [2.05, 4.69) is 197 Å². The average molecular weight is 837 g/mol. The van der Waals surface area contributed by atoms with Crippen LogP contribution >= 0.6 is 0 Å². The molecule has 0 atom stereocenters. The quantitative estimate of drug-likeness (QED) is 0.0760. The van der Waals surface area contributed by atoms with Crippen LogP contribution in [0.1, 0.15) is 63.1 Å².